The largest absolute Gasteiger partial charge is 0.512 e. The van der Waals surface area contributed by atoms with Crippen LogP contribution in [0.15, 0.2) is 67.3 Å². The van der Waals surface area contributed by atoms with Gasteiger partial charge in [-0.2, -0.15) is 10.4 Å². The molecule has 6 rings (SSSR count). The molecule has 18 heteroatoms. The lowest BCUT2D eigenvalue weighted by molar-refractivity contribution is -0.157. The predicted molar refractivity (Wildman–Crippen MR) is 212 cm³/mol. The molecule has 3 aliphatic heterocycles. The molecular weight excluding hydrogens is 806 g/mol. The Morgan fingerprint density at radius 1 is 1.00 bits per heavy atom. The van der Waals surface area contributed by atoms with Gasteiger partial charge in [-0.3, -0.25) is 9.59 Å². The van der Waals surface area contributed by atoms with E-state index >= 15 is 4.39 Å². The smallest absolute Gasteiger partial charge is 0.428 e. The average Bonchev–Trinajstić information content (AvgIpc) is 3.98. The Morgan fingerprint density at radius 2 is 1.77 bits per heavy atom. The van der Waals surface area contributed by atoms with E-state index in [2.05, 4.69) is 15.0 Å². The Hall–Kier alpha value is -5.22. The predicted octanol–water partition coefficient (Wildman–Crippen LogP) is 6.12. The second-order valence-corrected chi connectivity index (χ2v) is 16.3. The van der Waals surface area contributed by atoms with Gasteiger partial charge in [0.1, 0.15) is 30.1 Å². The molecule has 0 radical (unpaired) electrons. The van der Waals surface area contributed by atoms with Crippen LogP contribution in [0.3, 0.4) is 0 Å². The van der Waals surface area contributed by atoms with Gasteiger partial charge in [-0.25, -0.2) is 27.6 Å². The standard InChI is InChI=1S/C42H47F3N6O8S/c1-29(60-34-23-55-40(56-24-34)7-3-2-6-31-9-8-30(22-46)20-36(31)44)42(25-51-27-47-26-48-51,35-11-10-32(43)21-37(35)45)59-41(54)58-28-57-39(53)13-12-38(52)50-18-14-33(15-19-50)49-16-4-5-17-49/h2-3,6-11,20-21,26-27,29,33-34,40H,4-5,12-19,23-25,28H2,1H3. The molecule has 60 heavy (non-hydrogen) atoms. The summed E-state index contributed by atoms with van der Waals surface area (Å²) in [5, 5.41) is 11.9. The van der Waals surface area contributed by atoms with Crippen LogP contribution in [0.5, 0.6) is 0 Å². The fraction of sp³-hybridized carbons (Fsp3) is 0.476. The Bertz CT molecular complexity index is 2030. The molecule has 0 saturated carbocycles. The number of hydrogen-bond acceptors (Lipinski definition) is 13. The number of amides is 1. The number of allylic oxidation sites excluding steroid dienone is 2. The number of aromatic nitrogens is 3. The van der Waals surface area contributed by atoms with Crippen molar-refractivity contribution in [2.24, 2.45) is 0 Å². The molecule has 4 heterocycles. The van der Waals surface area contributed by atoms with Crippen LogP contribution < -0.4 is 0 Å². The molecule has 2 atom stereocenters. The number of rotatable bonds is 16. The van der Waals surface area contributed by atoms with Crippen molar-refractivity contribution in [3.05, 3.63) is 101 Å². The van der Waals surface area contributed by atoms with Crippen LogP contribution in [0.25, 0.3) is 6.08 Å². The maximum Gasteiger partial charge on any atom is 0.512 e. The van der Waals surface area contributed by atoms with Gasteiger partial charge in [-0.05, 0) is 76.0 Å². The number of likely N-dealkylation sites (tertiary alicyclic amines) is 2. The summed E-state index contributed by atoms with van der Waals surface area (Å²) in [5.74, 6) is -3.29. The third-order valence-electron chi connectivity index (χ3n) is 10.7. The second kappa shape index (κ2) is 21.3. The minimum absolute atomic E-state index is 0.0545. The van der Waals surface area contributed by atoms with Crippen molar-refractivity contribution in [1.29, 1.82) is 5.26 Å². The van der Waals surface area contributed by atoms with Gasteiger partial charge in [0.05, 0.1) is 43.1 Å². The summed E-state index contributed by atoms with van der Waals surface area (Å²) in [6, 6.07) is 9.41. The first-order valence-corrected chi connectivity index (χ1v) is 20.7. The van der Waals surface area contributed by atoms with E-state index in [0.29, 0.717) is 30.8 Å². The average molecular weight is 853 g/mol. The molecule has 0 aliphatic carbocycles. The van der Waals surface area contributed by atoms with Gasteiger partial charge in [0.2, 0.25) is 12.7 Å². The maximum atomic E-state index is 15.7. The van der Waals surface area contributed by atoms with Crippen molar-refractivity contribution >= 4 is 35.9 Å². The zero-order chi connectivity index (χ0) is 42.5. The fourth-order valence-corrected chi connectivity index (χ4v) is 8.83. The van der Waals surface area contributed by atoms with Gasteiger partial charge in [0.15, 0.2) is 11.9 Å². The molecule has 14 nitrogen and oxygen atoms in total. The van der Waals surface area contributed by atoms with Crippen LogP contribution in [-0.4, -0.2) is 112 Å². The number of nitrogens with zero attached hydrogens (tertiary/aromatic N) is 6. The van der Waals surface area contributed by atoms with Crippen LogP contribution >= 0.6 is 11.8 Å². The molecule has 0 N–H and O–H groups in total. The topological polar surface area (TPSA) is 158 Å². The number of thioether (sulfide) groups is 1. The Kier molecular flexibility index (Phi) is 15.8. The Morgan fingerprint density at radius 3 is 2.45 bits per heavy atom. The monoisotopic (exact) mass is 852 g/mol. The molecule has 3 aromatic rings. The molecule has 2 aromatic carbocycles. The zero-order valence-corrected chi connectivity index (χ0v) is 33.9. The van der Waals surface area contributed by atoms with Gasteiger partial charge < -0.3 is 33.5 Å². The number of ether oxygens (including phenoxy) is 5. The van der Waals surface area contributed by atoms with E-state index in [1.165, 1.54) is 66.2 Å². The quantitative estimate of drug-likeness (QED) is 0.0924. The first-order chi connectivity index (χ1) is 29.0. The van der Waals surface area contributed by atoms with Crippen molar-refractivity contribution in [2.75, 3.05) is 46.2 Å². The highest BCUT2D eigenvalue weighted by molar-refractivity contribution is 8.00. The number of nitriles is 1. The van der Waals surface area contributed by atoms with E-state index < -0.39 is 53.5 Å². The lowest BCUT2D eigenvalue weighted by Gasteiger charge is -2.40. The fourth-order valence-electron chi connectivity index (χ4n) is 7.47. The van der Waals surface area contributed by atoms with Crippen molar-refractivity contribution in [2.45, 2.75) is 80.4 Å². The highest BCUT2D eigenvalue weighted by Gasteiger charge is 2.47. The molecular formula is C42H47F3N6O8S. The Labute approximate surface area is 350 Å². The van der Waals surface area contributed by atoms with Gasteiger partial charge in [0, 0.05) is 48.0 Å². The van der Waals surface area contributed by atoms with E-state index in [9.17, 15) is 23.2 Å². The summed E-state index contributed by atoms with van der Waals surface area (Å²) < 4.78 is 73.4. The molecule has 1 aromatic heterocycles. The molecule has 1 amide bonds. The summed E-state index contributed by atoms with van der Waals surface area (Å²) in [6.07, 6.45) is 10.9. The van der Waals surface area contributed by atoms with E-state index in [1.807, 2.05) is 6.07 Å². The van der Waals surface area contributed by atoms with Gasteiger partial charge in [-0.15, -0.1) is 11.8 Å². The van der Waals surface area contributed by atoms with E-state index in [1.54, 1.807) is 30.1 Å². The highest BCUT2D eigenvalue weighted by atomic mass is 32.2. The van der Waals surface area contributed by atoms with Crippen LogP contribution in [-0.2, 0) is 45.4 Å². The molecule has 2 unspecified atom stereocenters. The number of carbonyl (C=O) groups excluding carboxylic acids is 3. The highest BCUT2D eigenvalue weighted by Crippen LogP contribution is 2.42. The number of benzene rings is 2. The van der Waals surface area contributed by atoms with Crippen molar-refractivity contribution in [3.63, 3.8) is 0 Å². The van der Waals surface area contributed by atoms with E-state index in [-0.39, 0.29) is 54.9 Å². The third-order valence-corrected chi connectivity index (χ3v) is 12.1. The van der Waals surface area contributed by atoms with Crippen LogP contribution in [0.1, 0.15) is 62.1 Å². The molecule has 320 valence electrons. The lowest BCUT2D eigenvalue weighted by atomic mass is 9.89. The van der Waals surface area contributed by atoms with Gasteiger partial charge >= 0.3 is 12.1 Å². The van der Waals surface area contributed by atoms with Gasteiger partial charge in [0.25, 0.3) is 0 Å². The first-order valence-electron chi connectivity index (χ1n) is 19.8. The summed E-state index contributed by atoms with van der Waals surface area (Å²) in [7, 11) is 0. The maximum absolute atomic E-state index is 15.7. The summed E-state index contributed by atoms with van der Waals surface area (Å²) in [5.41, 5.74) is -1.56. The molecule has 3 saturated heterocycles. The SMILES string of the molecule is CC(SC1COC(C=CC=Cc2ccc(C#N)cc2F)OC1)C(Cn1cncn1)(OC(=O)OCOC(=O)CCC(=O)N1CCC(N2CCCC2)CC1)c1ccc(F)cc1F. The summed E-state index contributed by atoms with van der Waals surface area (Å²) in [6.45, 7) is 4.38. The zero-order valence-electron chi connectivity index (χ0n) is 33.1. The molecule has 3 aliphatic rings. The summed E-state index contributed by atoms with van der Waals surface area (Å²) in [4.78, 5) is 47.0. The molecule has 0 spiro atoms. The van der Waals surface area contributed by atoms with Crippen LogP contribution in [0, 0.1) is 28.8 Å². The van der Waals surface area contributed by atoms with Crippen LogP contribution in [0.2, 0.25) is 0 Å². The number of esters is 1. The van der Waals surface area contributed by atoms with Crippen molar-refractivity contribution in [3.8, 4) is 6.07 Å². The Balaban J connectivity index is 1.04. The minimum atomic E-state index is -1.89. The van der Waals surface area contributed by atoms with Crippen molar-refractivity contribution in [1.82, 2.24) is 24.6 Å². The molecule has 3 fully saturated rings. The lowest BCUT2D eigenvalue weighted by Crippen LogP contribution is -2.47. The first kappa shape index (κ1) is 44.3. The number of piperidine rings is 1. The minimum Gasteiger partial charge on any atom is -0.428 e. The molecule has 0 bridgehead atoms. The third kappa shape index (κ3) is 12.0. The van der Waals surface area contributed by atoms with Gasteiger partial charge in [-0.1, -0.05) is 24.3 Å². The number of halogens is 3. The second-order valence-electron chi connectivity index (χ2n) is 14.6. The number of carbonyl (C=O) groups is 3. The normalized spacial score (nSPS) is 20.5. The summed E-state index contributed by atoms with van der Waals surface area (Å²) >= 11 is 1.26. The number of hydrogen-bond donors (Lipinski definition) is 0. The van der Waals surface area contributed by atoms with Crippen molar-refractivity contribution < 1.29 is 51.2 Å². The van der Waals surface area contributed by atoms with E-state index in [4.69, 9.17) is 28.9 Å². The van der Waals surface area contributed by atoms with E-state index in [0.717, 1.165) is 38.1 Å². The van der Waals surface area contributed by atoms with Crippen LogP contribution in [0.4, 0.5) is 18.0 Å².